The largest absolute Gasteiger partial charge is 0.478 e. The van der Waals surface area contributed by atoms with Crippen LogP contribution < -0.4 is 5.73 Å². The number of benzene rings is 1. The van der Waals surface area contributed by atoms with E-state index in [-0.39, 0.29) is 11.9 Å². The second kappa shape index (κ2) is 5.07. The molecule has 16 heavy (non-hydrogen) atoms. The summed E-state index contributed by atoms with van der Waals surface area (Å²) in [4.78, 5) is 4.36. The third-order valence-corrected chi connectivity index (χ3v) is 2.57. The Bertz CT molecular complexity index is 392. The van der Waals surface area contributed by atoms with Gasteiger partial charge in [-0.1, -0.05) is 18.2 Å². The summed E-state index contributed by atoms with van der Waals surface area (Å²) in [6, 6.07) is 6.48. The Hall–Kier alpha value is -1.42. The molecule has 1 aliphatic rings. The molecule has 2 rings (SSSR count). The lowest BCUT2D eigenvalue weighted by molar-refractivity contribution is 0.308. The second-order valence-electron chi connectivity index (χ2n) is 3.76. The van der Waals surface area contributed by atoms with Gasteiger partial charge in [0.25, 0.3) is 0 Å². The molecule has 0 radical (unpaired) electrons. The minimum Gasteiger partial charge on any atom is -0.478 e. The molecule has 1 unspecified atom stereocenters. The summed E-state index contributed by atoms with van der Waals surface area (Å²) < 4.78 is 18.9. The first-order chi connectivity index (χ1) is 7.81. The van der Waals surface area contributed by atoms with Crippen LogP contribution in [0.4, 0.5) is 4.39 Å². The van der Waals surface area contributed by atoms with E-state index in [0.29, 0.717) is 24.6 Å². The molecular formula is C12H15FN2O. The minimum atomic E-state index is -0.222. The van der Waals surface area contributed by atoms with E-state index in [1.54, 1.807) is 12.1 Å². The fourth-order valence-electron chi connectivity index (χ4n) is 1.72. The van der Waals surface area contributed by atoms with Crippen LogP contribution in [0.2, 0.25) is 0 Å². The molecular weight excluding hydrogens is 207 g/mol. The van der Waals surface area contributed by atoms with Gasteiger partial charge in [0.2, 0.25) is 0 Å². The summed E-state index contributed by atoms with van der Waals surface area (Å²) in [5.41, 5.74) is 6.01. The van der Waals surface area contributed by atoms with E-state index in [0.717, 1.165) is 12.8 Å². The fourth-order valence-corrected chi connectivity index (χ4v) is 1.72. The van der Waals surface area contributed by atoms with Gasteiger partial charge in [0, 0.05) is 12.0 Å². The lowest BCUT2D eigenvalue weighted by Crippen LogP contribution is -2.04. The molecule has 1 heterocycles. The molecule has 1 atom stereocenters. The molecule has 1 aromatic rings. The van der Waals surface area contributed by atoms with Crippen molar-refractivity contribution in [3.8, 4) is 0 Å². The highest BCUT2D eigenvalue weighted by atomic mass is 19.1. The van der Waals surface area contributed by atoms with Gasteiger partial charge in [-0.05, 0) is 19.0 Å². The fraction of sp³-hybridized carbons (Fsp3) is 0.417. The predicted octanol–water partition coefficient (Wildman–Crippen LogP) is 2.03. The number of hydrogen-bond donors (Lipinski definition) is 1. The summed E-state index contributed by atoms with van der Waals surface area (Å²) in [5, 5.41) is 0. The molecule has 1 aromatic carbocycles. The van der Waals surface area contributed by atoms with Crippen LogP contribution in [0, 0.1) is 5.82 Å². The third kappa shape index (κ3) is 2.39. The average molecular weight is 222 g/mol. The molecule has 2 N–H and O–H groups in total. The quantitative estimate of drug-likeness (QED) is 0.847. The van der Waals surface area contributed by atoms with Crippen LogP contribution >= 0.6 is 0 Å². The average Bonchev–Trinajstić information content (AvgIpc) is 2.75. The third-order valence-electron chi connectivity index (χ3n) is 2.57. The number of ether oxygens (including phenoxy) is 1. The Morgan fingerprint density at radius 1 is 1.44 bits per heavy atom. The molecule has 1 aliphatic heterocycles. The monoisotopic (exact) mass is 222 g/mol. The van der Waals surface area contributed by atoms with Crippen molar-refractivity contribution in [1.29, 1.82) is 0 Å². The highest BCUT2D eigenvalue weighted by molar-refractivity contribution is 5.77. The topological polar surface area (TPSA) is 47.6 Å². The molecule has 4 heteroatoms. The van der Waals surface area contributed by atoms with Crippen molar-refractivity contribution in [3.63, 3.8) is 0 Å². The van der Waals surface area contributed by atoms with Crippen LogP contribution in [-0.4, -0.2) is 19.0 Å². The van der Waals surface area contributed by atoms with Gasteiger partial charge in [-0.15, -0.1) is 0 Å². The first-order valence-corrected chi connectivity index (χ1v) is 5.45. The first kappa shape index (κ1) is 11.1. The molecule has 0 aliphatic carbocycles. The maximum atomic E-state index is 13.5. The van der Waals surface area contributed by atoms with Gasteiger partial charge in [-0.2, -0.15) is 0 Å². The van der Waals surface area contributed by atoms with Crippen molar-refractivity contribution in [1.82, 2.24) is 0 Å². The number of halogens is 1. The number of hydrogen-bond acceptors (Lipinski definition) is 3. The van der Waals surface area contributed by atoms with E-state index >= 15 is 0 Å². The lowest BCUT2D eigenvalue weighted by atomic mass is 10.1. The van der Waals surface area contributed by atoms with Crippen molar-refractivity contribution in [2.75, 3.05) is 13.2 Å². The number of aliphatic imine (C=N–C) groups is 1. The van der Waals surface area contributed by atoms with E-state index in [1.165, 1.54) is 6.07 Å². The molecule has 0 amide bonds. The van der Waals surface area contributed by atoms with Gasteiger partial charge >= 0.3 is 0 Å². The molecule has 0 saturated heterocycles. The van der Waals surface area contributed by atoms with E-state index in [2.05, 4.69) is 4.99 Å². The Labute approximate surface area is 94.1 Å². The van der Waals surface area contributed by atoms with Crippen LogP contribution in [0.25, 0.3) is 0 Å². The summed E-state index contributed by atoms with van der Waals surface area (Å²) in [5.74, 6) is 0.471. The van der Waals surface area contributed by atoms with Gasteiger partial charge in [0.1, 0.15) is 18.5 Å². The summed E-state index contributed by atoms with van der Waals surface area (Å²) in [7, 11) is 0. The molecule has 0 aromatic heterocycles. The van der Waals surface area contributed by atoms with Crippen LogP contribution in [0.5, 0.6) is 0 Å². The Morgan fingerprint density at radius 3 is 3.00 bits per heavy atom. The van der Waals surface area contributed by atoms with Gasteiger partial charge in [0.05, 0.1) is 0 Å². The number of nitrogens with two attached hydrogens (primary N) is 1. The Kier molecular flexibility index (Phi) is 3.51. The molecule has 0 saturated carbocycles. The predicted molar refractivity (Wildman–Crippen MR) is 60.8 cm³/mol. The normalized spacial score (nSPS) is 19.4. The minimum absolute atomic E-state index is 0.200. The van der Waals surface area contributed by atoms with Crippen molar-refractivity contribution >= 4 is 5.90 Å². The van der Waals surface area contributed by atoms with Gasteiger partial charge in [-0.3, -0.25) is 0 Å². The lowest BCUT2D eigenvalue weighted by Gasteiger charge is -2.05. The van der Waals surface area contributed by atoms with Crippen LogP contribution in [0.1, 0.15) is 24.4 Å². The zero-order valence-electron chi connectivity index (χ0n) is 9.03. The Morgan fingerprint density at radius 2 is 2.25 bits per heavy atom. The zero-order valence-corrected chi connectivity index (χ0v) is 9.03. The first-order valence-electron chi connectivity index (χ1n) is 5.45. The van der Waals surface area contributed by atoms with Crippen molar-refractivity contribution in [2.24, 2.45) is 10.7 Å². The summed E-state index contributed by atoms with van der Waals surface area (Å²) in [6.45, 7) is 1.05. The molecule has 0 fully saturated rings. The SMILES string of the molecule is NCCCC1=NC(c2ccccc2F)CO1. The van der Waals surface area contributed by atoms with E-state index in [1.807, 2.05) is 6.07 Å². The molecule has 86 valence electrons. The number of rotatable bonds is 4. The van der Waals surface area contributed by atoms with Gasteiger partial charge < -0.3 is 10.5 Å². The van der Waals surface area contributed by atoms with Crippen molar-refractivity contribution in [2.45, 2.75) is 18.9 Å². The zero-order chi connectivity index (χ0) is 11.4. The van der Waals surface area contributed by atoms with Gasteiger partial charge in [-0.25, -0.2) is 9.38 Å². The molecule has 3 nitrogen and oxygen atoms in total. The van der Waals surface area contributed by atoms with E-state index in [9.17, 15) is 4.39 Å². The smallest absolute Gasteiger partial charge is 0.184 e. The van der Waals surface area contributed by atoms with Crippen LogP contribution in [-0.2, 0) is 4.74 Å². The van der Waals surface area contributed by atoms with Crippen molar-refractivity contribution in [3.05, 3.63) is 35.6 Å². The van der Waals surface area contributed by atoms with E-state index < -0.39 is 0 Å². The van der Waals surface area contributed by atoms with Crippen molar-refractivity contribution < 1.29 is 9.13 Å². The van der Waals surface area contributed by atoms with Gasteiger partial charge in [0.15, 0.2) is 5.90 Å². The molecule has 0 bridgehead atoms. The molecule has 0 spiro atoms. The maximum Gasteiger partial charge on any atom is 0.184 e. The highest BCUT2D eigenvalue weighted by Gasteiger charge is 2.22. The van der Waals surface area contributed by atoms with Crippen LogP contribution in [0.3, 0.4) is 0 Å². The second-order valence-corrected chi connectivity index (χ2v) is 3.76. The Balaban J connectivity index is 2.07. The van der Waals surface area contributed by atoms with Crippen LogP contribution in [0.15, 0.2) is 29.3 Å². The highest BCUT2D eigenvalue weighted by Crippen LogP contribution is 2.25. The van der Waals surface area contributed by atoms with E-state index in [4.69, 9.17) is 10.5 Å². The summed E-state index contributed by atoms with van der Waals surface area (Å²) in [6.07, 6.45) is 1.59. The summed E-state index contributed by atoms with van der Waals surface area (Å²) >= 11 is 0. The maximum absolute atomic E-state index is 13.5. The standard InChI is InChI=1S/C12H15FN2O/c13-10-5-2-1-4-9(10)11-8-16-12(15-11)6-3-7-14/h1-2,4-5,11H,3,6-8,14H2. The number of nitrogens with zero attached hydrogens (tertiary/aromatic N) is 1.